The number of carbonyl (C=O) groups excluding carboxylic acids is 3. The van der Waals surface area contributed by atoms with E-state index in [2.05, 4.69) is 13.6 Å². The number of phosphoric acid groups is 1. The molecule has 0 aliphatic carbocycles. The van der Waals surface area contributed by atoms with Crippen LogP contribution in [0.1, 0.15) is 0 Å². The van der Waals surface area contributed by atoms with E-state index in [0.29, 0.717) is 0 Å². The lowest BCUT2D eigenvalue weighted by molar-refractivity contribution is -0.160. The number of hydrogen-bond donors (Lipinski definition) is 6. The number of carbonyl (C=O) groups is 3. The molecule has 17 heteroatoms. The second-order valence-corrected chi connectivity index (χ2v) is 9.14. The summed E-state index contributed by atoms with van der Waals surface area (Å²) in [5.74, 6) is -5.70. The Kier molecular flexibility index (Phi) is 9.15. The van der Waals surface area contributed by atoms with Crippen LogP contribution in [0.15, 0.2) is 0 Å². The first kappa shape index (κ1) is 25.7. The minimum absolute atomic E-state index is 1.27. The van der Waals surface area contributed by atoms with Crippen molar-refractivity contribution in [2.45, 2.75) is 16.0 Å². The lowest BCUT2D eigenvalue weighted by atomic mass is 10.4. The summed E-state index contributed by atoms with van der Waals surface area (Å²) in [5, 5.41) is 46.7. The van der Waals surface area contributed by atoms with Gasteiger partial charge in [0.05, 0.1) is 19.8 Å². The fourth-order valence-corrected chi connectivity index (χ4v) is 2.46. The predicted molar refractivity (Wildman–Crippen MR) is 91.1 cm³/mol. The molecule has 0 heterocycles. The molecular formula is C9H18O13P4. The van der Waals surface area contributed by atoms with Crippen LogP contribution in [-0.2, 0) is 32.5 Å². The number of aliphatic hydroxyl groups excluding tert-OH is 3. The van der Waals surface area contributed by atoms with Gasteiger partial charge in [-0.25, -0.2) is 14.4 Å². The van der Waals surface area contributed by atoms with Gasteiger partial charge in [-0.05, 0) is 0 Å². The highest BCUT2D eigenvalue weighted by Gasteiger charge is 2.50. The van der Waals surface area contributed by atoms with E-state index in [1.807, 2.05) is 0 Å². The van der Waals surface area contributed by atoms with Gasteiger partial charge in [0.1, 0.15) is 0 Å². The smallest absolute Gasteiger partial charge is 0.392 e. The van der Waals surface area contributed by atoms with Gasteiger partial charge < -0.3 is 44.2 Å². The molecule has 0 radical (unpaired) electrons. The summed E-state index contributed by atoms with van der Waals surface area (Å²) in [6.45, 7) is -3.81. The summed E-state index contributed by atoms with van der Waals surface area (Å²) in [5.41, 5.74) is 0. The average molecular weight is 458 g/mol. The van der Waals surface area contributed by atoms with Crippen LogP contribution < -0.4 is 0 Å². The second-order valence-electron chi connectivity index (χ2n) is 4.83. The van der Waals surface area contributed by atoms with Crippen LogP contribution in [-0.4, -0.2) is 84.4 Å². The lowest BCUT2D eigenvalue weighted by Crippen LogP contribution is -2.41. The molecule has 6 atom stereocenters. The molecule has 26 heavy (non-hydrogen) atoms. The zero-order valence-corrected chi connectivity index (χ0v) is 17.2. The van der Waals surface area contributed by atoms with E-state index in [-0.39, 0.29) is 0 Å². The first-order chi connectivity index (χ1) is 11.6. The highest BCUT2D eigenvalue weighted by atomic mass is 31.2. The topological polar surface area (TPSA) is 217 Å². The molecule has 0 saturated carbocycles. The molecule has 152 valence electrons. The summed E-state index contributed by atoms with van der Waals surface area (Å²) in [6, 6.07) is 0. The van der Waals surface area contributed by atoms with E-state index in [0.717, 1.165) is 0 Å². The van der Waals surface area contributed by atoms with Crippen molar-refractivity contribution >= 4 is 53.5 Å². The Hall–Kier alpha value is -0.310. The van der Waals surface area contributed by atoms with Crippen LogP contribution in [0.3, 0.4) is 0 Å². The summed E-state index contributed by atoms with van der Waals surface area (Å²) in [6.07, 6.45) is 0. The van der Waals surface area contributed by atoms with E-state index in [9.17, 15) is 34.3 Å². The number of rotatable bonds is 9. The van der Waals surface area contributed by atoms with Crippen molar-refractivity contribution in [2.75, 3.05) is 19.8 Å². The highest BCUT2D eigenvalue weighted by Crippen LogP contribution is 2.53. The Morgan fingerprint density at radius 2 is 0.885 bits per heavy atom. The zero-order valence-electron chi connectivity index (χ0n) is 12.8. The molecule has 0 aliphatic heterocycles. The zero-order chi connectivity index (χ0) is 21.0. The molecule has 6 unspecified atom stereocenters. The summed E-state index contributed by atoms with van der Waals surface area (Å²) < 4.78 is 24.7. The molecule has 0 aromatic heterocycles. The molecule has 0 aromatic carbocycles. The van der Waals surface area contributed by atoms with E-state index in [1.165, 1.54) is 27.7 Å². The predicted octanol–water partition coefficient (Wildman–Crippen LogP) is -3.61. The van der Waals surface area contributed by atoms with Gasteiger partial charge in [0.25, 0.3) is 0 Å². The van der Waals surface area contributed by atoms with E-state index < -0.39 is 61.6 Å². The van der Waals surface area contributed by atoms with Gasteiger partial charge in [0.2, 0.25) is 0 Å². The molecule has 0 bridgehead atoms. The van der Waals surface area contributed by atoms with Crippen LogP contribution in [0.25, 0.3) is 0 Å². The van der Waals surface area contributed by atoms with Crippen LogP contribution in [0.5, 0.6) is 0 Å². The van der Waals surface area contributed by atoms with Gasteiger partial charge >= 0.3 is 25.7 Å². The largest absolute Gasteiger partial charge is 0.654 e. The summed E-state index contributed by atoms with van der Waals surface area (Å²) >= 11 is 0. The third-order valence-electron chi connectivity index (χ3n) is 2.37. The maximum Gasteiger partial charge on any atom is 0.654 e. The normalized spacial score (nSPS) is 20.5. The Morgan fingerprint density at radius 3 is 1.04 bits per heavy atom. The minimum Gasteiger partial charge on any atom is -0.392 e. The first-order valence-corrected chi connectivity index (χ1v) is 9.44. The molecule has 0 aliphatic rings. The van der Waals surface area contributed by atoms with Crippen molar-refractivity contribution in [3.05, 3.63) is 0 Å². The molecule has 0 aromatic rings. The third kappa shape index (κ3) is 7.02. The molecule has 0 amide bonds. The van der Waals surface area contributed by atoms with Crippen molar-refractivity contribution in [1.82, 2.24) is 0 Å². The summed E-state index contributed by atoms with van der Waals surface area (Å²) in [4.78, 5) is 35.0. The molecule has 0 fully saturated rings. The SMILES string of the molecule is O=C(OP(=O)(OC(=O)C(O)(P)CO)OC(=O)C(O)(P)CO)C(O)(P)CO. The Bertz CT molecular complexity index is 520. The maximum absolute atomic E-state index is 12.4. The third-order valence-corrected chi connectivity index (χ3v) is 4.79. The number of phosphoric ester groups is 1. The average Bonchev–Trinajstić information content (AvgIpc) is 2.53. The van der Waals surface area contributed by atoms with Crippen molar-refractivity contribution in [1.29, 1.82) is 0 Å². The molecular weight excluding hydrogens is 440 g/mol. The van der Waals surface area contributed by atoms with Gasteiger partial charge in [-0.2, -0.15) is 4.57 Å². The monoisotopic (exact) mass is 458 g/mol. The molecule has 0 spiro atoms. The second kappa shape index (κ2) is 9.26. The maximum atomic E-state index is 12.4. The van der Waals surface area contributed by atoms with Gasteiger partial charge in [0.15, 0.2) is 16.0 Å². The quantitative estimate of drug-likeness (QED) is 0.184. The van der Waals surface area contributed by atoms with E-state index in [1.54, 1.807) is 0 Å². The fourth-order valence-electron chi connectivity index (χ4n) is 0.791. The minimum atomic E-state index is -5.62. The molecule has 0 saturated heterocycles. The van der Waals surface area contributed by atoms with Crippen LogP contribution in [0.4, 0.5) is 0 Å². The van der Waals surface area contributed by atoms with Crippen LogP contribution in [0, 0.1) is 0 Å². The molecule has 6 N–H and O–H groups in total. The van der Waals surface area contributed by atoms with Crippen molar-refractivity contribution in [2.24, 2.45) is 0 Å². The Balaban J connectivity index is 5.73. The van der Waals surface area contributed by atoms with Crippen LogP contribution >= 0.6 is 35.5 Å². The number of aliphatic hydroxyl groups is 6. The highest BCUT2D eigenvalue weighted by molar-refractivity contribution is 7.50. The van der Waals surface area contributed by atoms with E-state index >= 15 is 0 Å². The first-order valence-electron chi connectivity index (χ1n) is 6.25. The standard InChI is InChI=1S/C9H18O13P4/c10-1-7(16,23)4(13)20-26(19,21-5(14)8(17,24)2-11)22-6(15)9(18,25)3-12/h10-12,16-18H,1-3,23-25H2. The Morgan fingerprint density at radius 1 is 0.692 bits per heavy atom. The molecule has 0 rings (SSSR count). The van der Waals surface area contributed by atoms with Gasteiger partial charge in [-0.15, -0.1) is 0 Å². The van der Waals surface area contributed by atoms with Gasteiger partial charge in [-0.1, -0.05) is 27.7 Å². The van der Waals surface area contributed by atoms with Crippen molar-refractivity contribution in [3.8, 4) is 0 Å². The Labute approximate surface area is 153 Å². The van der Waals surface area contributed by atoms with Crippen molar-refractivity contribution < 1.29 is 63.2 Å². The van der Waals surface area contributed by atoms with Gasteiger partial charge in [0, 0.05) is 0 Å². The van der Waals surface area contributed by atoms with Crippen molar-refractivity contribution in [3.63, 3.8) is 0 Å². The summed E-state index contributed by atoms with van der Waals surface area (Å²) in [7, 11) is -1.39. The fraction of sp³-hybridized carbons (Fsp3) is 0.667. The molecule has 13 nitrogen and oxygen atoms in total. The number of hydrogen-bond acceptors (Lipinski definition) is 13. The van der Waals surface area contributed by atoms with E-state index in [4.69, 9.17) is 15.3 Å². The lowest BCUT2D eigenvalue weighted by Gasteiger charge is -2.26. The van der Waals surface area contributed by atoms with Crippen LogP contribution in [0.2, 0.25) is 0 Å². The van der Waals surface area contributed by atoms with Gasteiger partial charge in [-0.3, -0.25) is 0 Å².